The number of piperazine rings is 1. The van der Waals surface area contributed by atoms with Crippen LogP contribution < -0.4 is 10.2 Å². The fraction of sp³-hybridized carbons (Fsp3) is 0.455. The van der Waals surface area contributed by atoms with Crippen molar-refractivity contribution in [2.24, 2.45) is 0 Å². The lowest BCUT2D eigenvalue weighted by molar-refractivity contribution is 0.485. The minimum atomic E-state index is -3.26. The number of rotatable bonds is 1. The fourth-order valence-corrected chi connectivity index (χ4v) is 1.30. The van der Waals surface area contributed by atoms with Crippen LogP contribution >= 0.6 is 15.9 Å². The van der Waals surface area contributed by atoms with Gasteiger partial charge in [0.15, 0.2) is 0 Å². The first-order valence-corrected chi connectivity index (χ1v) is 4.72. The maximum atomic E-state index is 8.18. The highest BCUT2D eigenvalue weighted by Crippen LogP contribution is 2.19. The number of benzene rings is 1. The third kappa shape index (κ3) is 2.28. The largest absolute Gasteiger partial charge is 0.369 e. The molecule has 0 radical (unpaired) electrons. The van der Waals surface area contributed by atoms with E-state index < -0.39 is 32.4 Å². The van der Waals surface area contributed by atoms with Gasteiger partial charge in [-0.3, -0.25) is 0 Å². The molecule has 0 aliphatic carbocycles. The van der Waals surface area contributed by atoms with E-state index in [1.165, 1.54) is 24.3 Å². The molecule has 76 valence electrons. The molecule has 0 aromatic heterocycles. The van der Waals surface area contributed by atoms with Crippen molar-refractivity contribution in [2.45, 2.75) is 12.9 Å². The van der Waals surface area contributed by atoms with Gasteiger partial charge in [-0.25, -0.2) is 0 Å². The molecule has 1 unspecified atom stereocenters. The zero-order valence-electron chi connectivity index (χ0n) is 17.1. The van der Waals surface area contributed by atoms with Crippen molar-refractivity contribution in [1.82, 2.24) is 5.32 Å². The van der Waals surface area contributed by atoms with Gasteiger partial charge in [-0.15, -0.1) is 0 Å². The normalized spacial score (nSPS) is 49.9. The van der Waals surface area contributed by atoms with Crippen molar-refractivity contribution in [3.8, 4) is 0 Å². The summed E-state index contributed by atoms with van der Waals surface area (Å²) in [4.78, 5) is 0.377. The van der Waals surface area contributed by atoms with E-state index >= 15 is 0 Å². The second-order valence-corrected chi connectivity index (χ2v) is 3.58. The average Bonchev–Trinajstić information content (AvgIpc) is 2.37. The third-order valence-corrected chi connectivity index (χ3v) is 2.19. The Labute approximate surface area is 107 Å². The summed E-state index contributed by atoms with van der Waals surface area (Å²) in [5, 5.41) is 1.74. The van der Waals surface area contributed by atoms with Crippen LogP contribution in [0.15, 0.2) is 28.7 Å². The van der Waals surface area contributed by atoms with Crippen LogP contribution in [-0.2, 0) is 0 Å². The van der Waals surface area contributed by atoms with E-state index in [0.717, 1.165) is 0 Å². The Bertz CT molecular complexity index is 629. The van der Waals surface area contributed by atoms with Gasteiger partial charge in [0.1, 0.15) is 0 Å². The Kier molecular flexibility index (Phi) is 1.08. The van der Waals surface area contributed by atoms with Crippen LogP contribution in [0.1, 0.15) is 20.6 Å². The maximum absolute atomic E-state index is 8.18. The monoisotopic (exact) mass is 264 g/mol. The second kappa shape index (κ2) is 4.32. The van der Waals surface area contributed by atoms with Crippen LogP contribution in [0.3, 0.4) is 0 Å². The molecule has 0 spiro atoms. The lowest BCUT2D eigenvalue weighted by Crippen LogP contribution is -2.49. The highest BCUT2D eigenvalue weighted by molar-refractivity contribution is 9.10. The lowest BCUT2D eigenvalue weighted by Gasteiger charge is -2.33. The van der Waals surface area contributed by atoms with Gasteiger partial charge in [-0.2, -0.15) is 0 Å². The summed E-state index contributed by atoms with van der Waals surface area (Å²) in [6, 6.07) is 2.52. The number of nitrogens with zero attached hydrogens (tertiary/aromatic N) is 1. The molecule has 1 N–H and O–H groups in total. The summed E-state index contributed by atoms with van der Waals surface area (Å²) in [5.74, 6) is 0. The summed E-state index contributed by atoms with van der Waals surface area (Å²) in [6.07, 6.45) is 0. The minimum absolute atomic E-state index is 0.0838. The molecular weight excluding hydrogens is 240 g/mol. The highest BCUT2D eigenvalue weighted by atomic mass is 79.9. The van der Waals surface area contributed by atoms with Crippen molar-refractivity contribution < 1.29 is 13.7 Å². The van der Waals surface area contributed by atoms with Crippen LogP contribution in [0.5, 0.6) is 0 Å². The molecule has 1 atom stereocenters. The van der Waals surface area contributed by atoms with Crippen molar-refractivity contribution in [2.75, 3.05) is 24.4 Å². The number of halogens is 1. The van der Waals surface area contributed by atoms with Gasteiger partial charge in [0.25, 0.3) is 0 Å². The van der Waals surface area contributed by atoms with Crippen LogP contribution in [0, 0.1) is 0 Å². The summed E-state index contributed by atoms with van der Waals surface area (Å²) in [7, 11) is 0. The summed E-state index contributed by atoms with van der Waals surface area (Å²) >= 11 is 3.18. The van der Waals surface area contributed by atoms with Crippen LogP contribution in [-0.4, -0.2) is 25.5 Å². The fourth-order valence-electron chi connectivity index (χ4n) is 1.03. The molecular formula is C11H15BrN2. The molecule has 1 aromatic rings. The van der Waals surface area contributed by atoms with Crippen LogP contribution in [0.4, 0.5) is 5.69 Å². The molecule has 1 saturated heterocycles. The topological polar surface area (TPSA) is 15.3 Å². The molecule has 2 rings (SSSR count). The zero-order valence-corrected chi connectivity index (χ0v) is 8.72. The number of anilines is 1. The molecule has 2 nitrogen and oxygen atoms in total. The summed E-state index contributed by atoms with van der Waals surface area (Å²) in [6.45, 7) is -12.3. The van der Waals surface area contributed by atoms with E-state index in [1.54, 1.807) is 5.32 Å². The van der Waals surface area contributed by atoms with Gasteiger partial charge in [-0.1, -0.05) is 15.9 Å². The lowest BCUT2D eigenvalue weighted by atomic mass is 10.2. The molecule has 1 aliphatic heterocycles. The number of hydrogen-bond acceptors (Lipinski definition) is 2. The first kappa shape index (κ1) is 3.49. The predicted molar refractivity (Wildman–Crippen MR) is 63.8 cm³/mol. The van der Waals surface area contributed by atoms with E-state index in [2.05, 4.69) is 15.9 Å². The van der Waals surface area contributed by atoms with E-state index in [9.17, 15) is 0 Å². The smallest absolute Gasteiger partial charge is 0.0509 e. The Hall–Kier alpha value is -0.540. The maximum Gasteiger partial charge on any atom is 0.0509 e. The first-order chi connectivity index (χ1) is 10.6. The first-order valence-electron chi connectivity index (χ1n) is 8.93. The number of hydrogen-bond donors (Lipinski definition) is 1. The number of nitrogens with one attached hydrogen (secondary N) is 1. The van der Waals surface area contributed by atoms with E-state index in [1.807, 2.05) is 0 Å². The summed E-state index contributed by atoms with van der Waals surface area (Å²) < 4.78 is 79.4. The molecule has 1 aliphatic rings. The van der Waals surface area contributed by atoms with Gasteiger partial charge in [0.05, 0.1) is 5.48 Å². The van der Waals surface area contributed by atoms with Crippen LogP contribution in [0.25, 0.3) is 0 Å². The average molecular weight is 265 g/mol. The summed E-state index contributed by atoms with van der Waals surface area (Å²) in [5.41, 5.74) is -0.0838. The molecule has 1 fully saturated rings. The Morgan fingerprint density at radius 1 is 1.64 bits per heavy atom. The van der Waals surface area contributed by atoms with Gasteiger partial charge in [0.2, 0.25) is 0 Å². The van der Waals surface area contributed by atoms with E-state index in [-0.39, 0.29) is 5.69 Å². The van der Waals surface area contributed by atoms with Crippen molar-refractivity contribution in [3.63, 3.8) is 0 Å². The van der Waals surface area contributed by atoms with Crippen LogP contribution in [0.2, 0.25) is 0 Å². The molecule has 1 heterocycles. The van der Waals surface area contributed by atoms with E-state index in [0.29, 0.717) is 9.37 Å². The Balaban J connectivity index is 2.74. The zero-order chi connectivity index (χ0) is 18.8. The second-order valence-electron chi connectivity index (χ2n) is 2.66. The molecule has 0 saturated carbocycles. The standard InChI is InChI=1S/C11H15BrN2/c1-9-8-14(7-6-13-9)11-4-2-10(12)3-5-11/h2-5,9,13H,6-8H2,1H3/i1D3,6D2,7D2,8D2,9D. The van der Waals surface area contributed by atoms with Gasteiger partial charge in [0, 0.05) is 43.9 Å². The van der Waals surface area contributed by atoms with E-state index in [4.69, 9.17) is 13.7 Å². The molecule has 0 amide bonds. The van der Waals surface area contributed by atoms with Gasteiger partial charge < -0.3 is 10.2 Å². The third-order valence-electron chi connectivity index (χ3n) is 1.66. The van der Waals surface area contributed by atoms with Gasteiger partial charge >= 0.3 is 0 Å². The Morgan fingerprint density at radius 2 is 2.43 bits per heavy atom. The molecule has 1 aromatic carbocycles. The van der Waals surface area contributed by atoms with Crippen molar-refractivity contribution in [1.29, 1.82) is 0 Å². The Morgan fingerprint density at radius 3 is 3.14 bits per heavy atom. The van der Waals surface area contributed by atoms with Crippen molar-refractivity contribution >= 4 is 21.6 Å². The quantitative estimate of drug-likeness (QED) is 0.837. The SMILES string of the molecule is [2H]C([2H])([2H])C1([2H])NC([2H])([2H])C([2H])([2H])N(c2ccc(Br)cc2)C1([2H])[2H]. The van der Waals surface area contributed by atoms with Crippen molar-refractivity contribution in [3.05, 3.63) is 28.7 Å². The highest BCUT2D eigenvalue weighted by Gasteiger charge is 2.15. The predicted octanol–water partition coefficient (Wildman–Crippen LogP) is 2.25. The molecule has 14 heavy (non-hydrogen) atoms. The van der Waals surface area contributed by atoms with Gasteiger partial charge in [-0.05, 0) is 31.1 Å². The molecule has 0 bridgehead atoms. The molecule has 3 heteroatoms. The minimum Gasteiger partial charge on any atom is -0.369 e.